The van der Waals surface area contributed by atoms with E-state index in [9.17, 15) is 8.42 Å². The molecule has 1 aromatic carbocycles. The van der Waals surface area contributed by atoms with Crippen molar-refractivity contribution in [3.05, 3.63) is 40.8 Å². The van der Waals surface area contributed by atoms with E-state index in [1.54, 1.807) is 18.2 Å². The second-order valence-corrected chi connectivity index (χ2v) is 7.14. The maximum Gasteiger partial charge on any atom is 0.309 e. The Hall–Kier alpha value is -1.88. The largest absolute Gasteiger partial charge is 0.309 e. The van der Waals surface area contributed by atoms with Gasteiger partial charge in [0.05, 0.1) is 0 Å². The molecule has 6 nitrogen and oxygen atoms in total. The third-order valence-corrected chi connectivity index (χ3v) is 5.23. The van der Waals surface area contributed by atoms with Crippen LogP contribution < -0.4 is 0 Å². The molecule has 0 radical (unpaired) electrons. The van der Waals surface area contributed by atoms with E-state index in [4.69, 9.17) is 16.9 Å². The molecule has 0 saturated carbocycles. The third-order valence-electron chi connectivity index (χ3n) is 3.22. The zero-order chi connectivity index (χ0) is 16.5. The van der Waals surface area contributed by atoms with Crippen LogP contribution in [0.4, 0.5) is 0 Å². The maximum atomic E-state index is 12.5. The second kappa shape index (κ2) is 6.08. The number of aryl methyl sites for hydroxylation is 1. The van der Waals surface area contributed by atoms with Gasteiger partial charge in [-0.2, -0.15) is 22.0 Å². The lowest BCUT2D eigenvalue weighted by molar-refractivity contribution is 0.510. The van der Waals surface area contributed by atoms with Gasteiger partial charge in [-0.3, -0.25) is 0 Å². The fourth-order valence-corrected chi connectivity index (χ4v) is 3.35. The van der Waals surface area contributed by atoms with E-state index >= 15 is 0 Å². The van der Waals surface area contributed by atoms with E-state index in [-0.39, 0.29) is 16.7 Å². The highest BCUT2D eigenvalue weighted by Gasteiger charge is 2.28. The van der Waals surface area contributed by atoms with Gasteiger partial charge in [0.15, 0.2) is 5.15 Å². The number of nitrogens with zero attached hydrogens (tertiary/aromatic N) is 4. The number of benzene rings is 1. The Morgan fingerprint density at radius 1 is 1.32 bits per heavy atom. The van der Waals surface area contributed by atoms with E-state index in [0.29, 0.717) is 5.56 Å². The SMILES string of the molecule is CCc1ccc(-c2c(Cl)nc(C#N)n2S(=O)(=O)N(C)C)cc1. The Morgan fingerprint density at radius 3 is 2.36 bits per heavy atom. The minimum absolute atomic E-state index is 0.0220. The van der Waals surface area contributed by atoms with Crippen LogP contribution in [0.25, 0.3) is 11.3 Å². The number of aromatic nitrogens is 2. The van der Waals surface area contributed by atoms with Crippen LogP contribution in [0.15, 0.2) is 24.3 Å². The van der Waals surface area contributed by atoms with Crippen LogP contribution in [0, 0.1) is 11.3 Å². The molecule has 0 aliphatic heterocycles. The average molecular weight is 339 g/mol. The van der Waals surface area contributed by atoms with Crippen molar-refractivity contribution < 1.29 is 8.42 Å². The van der Waals surface area contributed by atoms with Gasteiger partial charge in [0, 0.05) is 19.7 Å². The number of halogens is 1. The lowest BCUT2D eigenvalue weighted by atomic mass is 10.1. The van der Waals surface area contributed by atoms with Crippen LogP contribution in [0.2, 0.25) is 5.15 Å². The van der Waals surface area contributed by atoms with Crippen molar-refractivity contribution in [3.63, 3.8) is 0 Å². The molecule has 8 heteroatoms. The summed E-state index contributed by atoms with van der Waals surface area (Å²) in [6.07, 6.45) is 0.868. The smallest absolute Gasteiger partial charge is 0.205 e. The molecular weight excluding hydrogens is 324 g/mol. The van der Waals surface area contributed by atoms with Gasteiger partial charge in [-0.1, -0.05) is 42.8 Å². The van der Waals surface area contributed by atoms with Crippen LogP contribution in [0.5, 0.6) is 0 Å². The van der Waals surface area contributed by atoms with E-state index in [1.807, 2.05) is 19.1 Å². The van der Waals surface area contributed by atoms with Crippen molar-refractivity contribution in [2.75, 3.05) is 14.1 Å². The molecule has 1 aromatic heterocycles. The molecule has 116 valence electrons. The molecule has 0 N–H and O–H groups in total. The number of rotatable bonds is 4. The van der Waals surface area contributed by atoms with E-state index in [2.05, 4.69) is 4.98 Å². The van der Waals surface area contributed by atoms with E-state index in [1.165, 1.54) is 14.1 Å². The fraction of sp³-hybridized carbons (Fsp3) is 0.286. The molecule has 0 bridgehead atoms. The van der Waals surface area contributed by atoms with Crippen LogP contribution in [-0.2, 0) is 16.6 Å². The first-order chi connectivity index (χ1) is 10.3. The predicted molar refractivity (Wildman–Crippen MR) is 84.8 cm³/mol. The normalized spacial score (nSPS) is 11.6. The molecule has 0 fully saturated rings. The molecule has 2 aromatic rings. The van der Waals surface area contributed by atoms with Crippen molar-refractivity contribution in [2.24, 2.45) is 0 Å². The monoisotopic (exact) mass is 338 g/mol. The zero-order valence-electron chi connectivity index (χ0n) is 12.4. The van der Waals surface area contributed by atoms with Crippen LogP contribution >= 0.6 is 11.6 Å². The molecule has 0 amide bonds. The summed E-state index contributed by atoms with van der Waals surface area (Å²) < 4.78 is 26.8. The fourth-order valence-electron chi connectivity index (χ4n) is 1.97. The number of hydrogen-bond donors (Lipinski definition) is 0. The quantitative estimate of drug-likeness (QED) is 0.856. The summed E-state index contributed by atoms with van der Waals surface area (Å²) in [6.45, 7) is 2.02. The van der Waals surface area contributed by atoms with Gasteiger partial charge in [0.2, 0.25) is 5.82 Å². The van der Waals surface area contributed by atoms with Crippen molar-refractivity contribution in [1.29, 1.82) is 5.26 Å². The predicted octanol–water partition coefficient (Wildman–Crippen LogP) is 2.29. The summed E-state index contributed by atoms with van der Waals surface area (Å²) in [4.78, 5) is 3.86. The van der Waals surface area contributed by atoms with E-state index in [0.717, 1.165) is 20.3 Å². The summed E-state index contributed by atoms with van der Waals surface area (Å²) in [7, 11) is -1.15. The summed E-state index contributed by atoms with van der Waals surface area (Å²) in [5, 5.41) is 9.13. The summed E-state index contributed by atoms with van der Waals surface area (Å²) in [5.41, 5.74) is 1.89. The molecule has 2 rings (SSSR count). The van der Waals surface area contributed by atoms with Gasteiger partial charge in [-0.25, -0.2) is 4.98 Å². The lowest BCUT2D eigenvalue weighted by Gasteiger charge is -2.15. The number of nitriles is 1. The first-order valence-electron chi connectivity index (χ1n) is 6.53. The summed E-state index contributed by atoms with van der Waals surface area (Å²) in [6, 6.07) is 9.08. The van der Waals surface area contributed by atoms with Gasteiger partial charge < -0.3 is 0 Å². The van der Waals surface area contributed by atoms with Crippen molar-refractivity contribution >= 4 is 21.8 Å². The first kappa shape index (κ1) is 16.5. The second-order valence-electron chi connectivity index (χ2n) is 4.79. The standard InChI is InChI=1S/C14H15ClN4O2S/c1-4-10-5-7-11(8-6-10)13-14(15)17-12(9-16)19(13)22(20,21)18(2)3/h5-8H,4H2,1-3H3. The molecule has 0 unspecified atom stereocenters. The molecule has 1 heterocycles. The average Bonchev–Trinajstić information content (AvgIpc) is 2.84. The Balaban J connectivity index is 2.76. The molecule has 0 saturated heterocycles. The van der Waals surface area contributed by atoms with Gasteiger partial charge >= 0.3 is 10.2 Å². The van der Waals surface area contributed by atoms with Gasteiger partial charge in [-0.15, -0.1) is 0 Å². The highest BCUT2D eigenvalue weighted by Crippen LogP contribution is 2.31. The van der Waals surface area contributed by atoms with Gasteiger partial charge in [0.1, 0.15) is 11.8 Å². The topological polar surface area (TPSA) is 79.0 Å². The summed E-state index contributed by atoms with van der Waals surface area (Å²) in [5.74, 6) is -0.270. The number of imidazole rings is 1. The minimum atomic E-state index is -3.91. The molecule has 0 aliphatic rings. The van der Waals surface area contributed by atoms with Crippen LogP contribution in [-0.4, -0.2) is 35.8 Å². The molecule has 0 spiro atoms. The van der Waals surface area contributed by atoms with E-state index < -0.39 is 10.2 Å². The highest BCUT2D eigenvalue weighted by atomic mass is 35.5. The van der Waals surface area contributed by atoms with Crippen molar-refractivity contribution in [2.45, 2.75) is 13.3 Å². The molecule has 22 heavy (non-hydrogen) atoms. The van der Waals surface area contributed by atoms with Crippen LogP contribution in [0.3, 0.4) is 0 Å². The summed E-state index contributed by atoms with van der Waals surface area (Å²) >= 11 is 6.08. The number of hydrogen-bond acceptors (Lipinski definition) is 4. The Bertz CT molecular complexity index is 833. The third kappa shape index (κ3) is 2.73. The minimum Gasteiger partial charge on any atom is -0.205 e. The molecule has 0 atom stereocenters. The van der Waals surface area contributed by atoms with Crippen LogP contribution in [0.1, 0.15) is 18.3 Å². The lowest BCUT2D eigenvalue weighted by Crippen LogP contribution is -2.30. The maximum absolute atomic E-state index is 12.5. The molecule has 0 aliphatic carbocycles. The van der Waals surface area contributed by atoms with Crippen molar-refractivity contribution in [3.8, 4) is 17.3 Å². The zero-order valence-corrected chi connectivity index (χ0v) is 14.0. The Morgan fingerprint density at radius 2 is 1.91 bits per heavy atom. The molecular formula is C14H15ClN4O2S. The highest BCUT2D eigenvalue weighted by molar-refractivity contribution is 7.87. The Kier molecular flexibility index (Phi) is 4.56. The Labute approximate surface area is 134 Å². The first-order valence-corrected chi connectivity index (χ1v) is 8.31. The van der Waals surface area contributed by atoms with Gasteiger partial charge in [0.25, 0.3) is 0 Å². The van der Waals surface area contributed by atoms with Gasteiger partial charge in [-0.05, 0) is 12.0 Å². The van der Waals surface area contributed by atoms with Crippen molar-refractivity contribution in [1.82, 2.24) is 13.3 Å².